The molecule has 5 atom stereocenters. The molecule has 5 unspecified atom stereocenters. The van der Waals surface area contributed by atoms with Gasteiger partial charge in [-0.15, -0.1) is 0 Å². The molecule has 0 saturated carbocycles. The highest BCUT2D eigenvalue weighted by Gasteiger charge is 2.41. The maximum Gasteiger partial charge on any atom is 0.0890 e. The molecule has 0 spiro atoms. The summed E-state index contributed by atoms with van der Waals surface area (Å²) in [6.45, 7) is 18.0. The summed E-state index contributed by atoms with van der Waals surface area (Å²) >= 11 is 0. The van der Waals surface area contributed by atoms with E-state index in [2.05, 4.69) is 149 Å². The van der Waals surface area contributed by atoms with Crippen LogP contribution in [0.15, 0.2) is 167 Å². The Balaban J connectivity index is 1.40. The van der Waals surface area contributed by atoms with Gasteiger partial charge in [-0.3, -0.25) is 4.99 Å². The summed E-state index contributed by atoms with van der Waals surface area (Å²) in [4.78, 5) is 9.83. The van der Waals surface area contributed by atoms with E-state index in [4.69, 9.17) is 4.98 Å². The van der Waals surface area contributed by atoms with Gasteiger partial charge in [-0.25, -0.2) is 4.98 Å². The molecule has 0 radical (unpaired) electrons. The third-order valence-electron chi connectivity index (χ3n) is 11.3. The van der Waals surface area contributed by atoms with Gasteiger partial charge in [0.05, 0.1) is 17.1 Å². The molecular formula is C49H56N2. The minimum atomic E-state index is 0.288. The van der Waals surface area contributed by atoms with Gasteiger partial charge in [-0.2, -0.15) is 0 Å². The lowest BCUT2D eigenvalue weighted by atomic mass is 9.60. The molecule has 0 bridgehead atoms. The molecule has 51 heavy (non-hydrogen) atoms. The number of allylic oxidation sites excluding steroid dienone is 23. The maximum absolute atomic E-state index is 5.17. The van der Waals surface area contributed by atoms with E-state index < -0.39 is 0 Å². The molecule has 6 rings (SSSR count). The van der Waals surface area contributed by atoms with Crippen molar-refractivity contribution in [2.75, 3.05) is 0 Å². The zero-order chi connectivity index (χ0) is 35.7. The summed E-state index contributed by atoms with van der Waals surface area (Å²) in [5.74, 6) is 1.92. The molecule has 0 N–H and O–H groups in total. The Hall–Kier alpha value is -4.56. The minimum absolute atomic E-state index is 0.288. The maximum atomic E-state index is 5.17. The zero-order valence-electron chi connectivity index (χ0n) is 31.3. The fourth-order valence-electron chi connectivity index (χ4n) is 8.63. The first-order valence-corrected chi connectivity index (χ1v) is 19.4. The van der Waals surface area contributed by atoms with Crippen LogP contribution in [0, 0.1) is 29.6 Å². The van der Waals surface area contributed by atoms with E-state index in [1.807, 2.05) is 12.3 Å². The largest absolute Gasteiger partial charge is 0.259 e. The second-order valence-electron chi connectivity index (χ2n) is 14.6. The van der Waals surface area contributed by atoms with Crippen molar-refractivity contribution in [2.45, 2.75) is 79.1 Å². The summed E-state index contributed by atoms with van der Waals surface area (Å²) < 4.78 is 0. The average molecular weight is 673 g/mol. The lowest BCUT2D eigenvalue weighted by Gasteiger charge is -2.44. The lowest BCUT2D eigenvalue weighted by Crippen LogP contribution is -2.34. The van der Waals surface area contributed by atoms with E-state index in [-0.39, 0.29) is 5.92 Å². The van der Waals surface area contributed by atoms with Crippen LogP contribution in [0.2, 0.25) is 0 Å². The van der Waals surface area contributed by atoms with Crippen LogP contribution in [-0.4, -0.2) is 11.2 Å². The second-order valence-corrected chi connectivity index (χ2v) is 14.6. The fraction of sp³-hybridized carbons (Fsp3) is 0.347. The molecule has 2 heteroatoms. The van der Waals surface area contributed by atoms with Crippen LogP contribution in [0.3, 0.4) is 0 Å². The highest BCUT2D eigenvalue weighted by molar-refractivity contribution is 5.81. The van der Waals surface area contributed by atoms with Crippen molar-refractivity contribution in [1.82, 2.24) is 4.98 Å². The first-order valence-electron chi connectivity index (χ1n) is 19.4. The van der Waals surface area contributed by atoms with E-state index in [9.17, 15) is 0 Å². The van der Waals surface area contributed by atoms with Crippen molar-refractivity contribution in [1.29, 1.82) is 0 Å². The van der Waals surface area contributed by atoms with Crippen molar-refractivity contribution >= 4 is 17.5 Å². The summed E-state index contributed by atoms with van der Waals surface area (Å²) in [6, 6.07) is 6.33. The Morgan fingerprint density at radius 2 is 1.86 bits per heavy atom. The van der Waals surface area contributed by atoms with Gasteiger partial charge in [0.15, 0.2) is 0 Å². The average Bonchev–Trinajstić information content (AvgIpc) is 3.16. The summed E-state index contributed by atoms with van der Waals surface area (Å²) in [6.07, 6.45) is 45.1. The molecule has 2 heterocycles. The number of hydrogen-bond donors (Lipinski definition) is 0. The highest BCUT2D eigenvalue weighted by atomic mass is 14.8. The van der Waals surface area contributed by atoms with Crippen molar-refractivity contribution < 1.29 is 0 Å². The topological polar surface area (TPSA) is 25.2 Å². The van der Waals surface area contributed by atoms with Gasteiger partial charge in [0.2, 0.25) is 0 Å². The molecule has 4 aliphatic carbocycles. The third kappa shape index (κ3) is 8.01. The first-order chi connectivity index (χ1) is 24.9. The van der Waals surface area contributed by atoms with Crippen LogP contribution in [0.4, 0.5) is 0 Å². The standard InChI is InChI=1S/C49H56N2/c1-7-10-22-41-36(6)48(43-23-13-14-24-44(43)49(41)38-21-12-11-20-37(9-3)33-34(4)30-31-38)40-26-17-25-39(35(40)5)42(19-8-2)45-28-18-29-47(51-45)46-27-15-16-32-50-46/h8,10-11,14,17-22,24-32,35-37,40,48H,2,4,7,9,12-13,15-16,23,33H2,1,3,5-6H3/b20-11-,22-10-,31-30-,38-21+,42-19+. The Morgan fingerprint density at radius 1 is 0.980 bits per heavy atom. The van der Waals surface area contributed by atoms with Gasteiger partial charge in [0, 0.05) is 11.8 Å². The molecule has 5 aliphatic rings. The number of aliphatic imine (C=N–C) groups is 1. The van der Waals surface area contributed by atoms with Gasteiger partial charge in [-0.1, -0.05) is 149 Å². The van der Waals surface area contributed by atoms with E-state index >= 15 is 0 Å². The molecular weight excluding hydrogens is 617 g/mol. The number of pyridine rings is 1. The monoisotopic (exact) mass is 672 g/mol. The van der Waals surface area contributed by atoms with Crippen molar-refractivity contribution in [3.63, 3.8) is 0 Å². The fourth-order valence-corrected chi connectivity index (χ4v) is 8.63. The van der Waals surface area contributed by atoms with Gasteiger partial charge < -0.3 is 0 Å². The van der Waals surface area contributed by atoms with Crippen molar-refractivity contribution in [3.8, 4) is 0 Å². The summed E-state index contributed by atoms with van der Waals surface area (Å²) in [7, 11) is 0. The zero-order valence-corrected chi connectivity index (χ0v) is 31.3. The van der Waals surface area contributed by atoms with E-state index in [0.29, 0.717) is 23.7 Å². The lowest BCUT2D eigenvalue weighted by molar-refractivity contribution is 0.293. The van der Waals surface area contributed by atoms with Crippen LogP contribution in [0.5, 0.6) is 0 Å². The van der Waals surface area contributed by atoms with Crippen molar-refractivity contribution in [3.05, 3.63) is 173 Å². The molecule has 2 nitrogen and oxygen atoms in total. The Morgan fingerprint density at radius 3 is 2.65 bits per heavy atom. The molecule has 0 aromatic carbocycles. The Bertz CT molecular complexity index is 1880. The quantitative estimate of drug-likeness (QED) is 0.189. The van der Waals surface area contributed by atoms with Crippen LogP contribution >= 0.6 is 0 Å². The number of aromatic nitrogens is 1. The van der Waals surface area contributed by atoms with E-state index in [1.54, 1.807) is 5.57 Å². The second kappa shape index (κ2) is 17.1. The molecule has 0 saturated heterocycles. The van der Waals surface area contributed by atoms with Crippen LogP contribution in [0.1, 0.15) is 90.4 Å². The van der Waals surface area contributed by atoms with E-state index in [1.165, 1.54) is 33.4 Å². The van der Waals surface area contributed by atoms with E-state index in [0.717, 1.165) is 74.0 Å². The number of nitrogens with zero attached hydrogens (tertiary/aromatic N) is 2. The highest BCUT2D eigenvalue weighted by Crippen LogP contribution is 2.52. The third-order valence-corrected chi connectivity index (χ3v) is 11.3. The molecule has 1 aromatic rings. The summed E-state index contributed by atoms with van der Waals surface area (Å²) in [5, 5.41) is 0. The molecule has 1 aliphatic heterocycles. The Kier molecular flexibility index (Phi) is 12.2. The Labute approximate surface area is 308 Å². The molecule has 0 fully saturated rings. The van der Waals surface area contributed by atoms with Gasteiger partial charge in [0.25, 0.3) is 0 Å². The predicted molar refractivity (Wildman–Crippen MR) is 221 cm³/mol. The normalized spacial score (nSPS) is 29.3. The molecule has 0 amide bonds. The van der Waals surface area contributed by atoms with Gasteiger partial charge >= 0.3 is 0 Å². The smallest absolute Gasteiger partial charge is 0.0890 e. The SMILES string of the molecule is C=C/C=C(\C1=CC=CC(C2C3=C(C=CCC3)C(C3=C/C/C=C\C(CC)CC(=C)/C=C\3)=C(/C=C\CC)C2C)C1C)c1cccc(C2=CCCC=N2)n1. The number of hydrogen-bond acceptors (Lipinski definition) is 2. The van der Waals surface area contributed by atoms with Gasteiger partial charge in [0.1, 0.15) is 0 Å². The number of rotatable bonds is 9. The van der Waals surface area contributed by atoms with Crippen LogP contribution < -0.4 is 0 Å². The van der Waals surface area contributed by atoms with Crippen LogP contribution in [-0.2, 0) is 0 Å². The predicted octanol–water partition coefficient (Wildman–Crippen LogP) is 13.2. The summed E-state index contributed by atoms with van der Waals surface area (Å²) in [5.41, 5.74) is 13.8. The minimum Gasteiger partial charge on any atom is -0.259 e. The first kappa shape index (κ1) is 36.2. The molecule has 262 valence electrons. The van der Waals surface area contributed by atoms with Crippen LogP contribution in [0.25, 0.3) is 11.3 Å². The van der Waals surface area contributed by atoms with Crippen molar-refractivity contribution in [2.24, 2.45) is 34.6 Å². The van der Waals surface area contributed by atoms with Gasteiger partial charge in [-0.05, 0) is 121 Å². The molecule has 1 aromatic heterocycles.